The molecule has 10 heteroatoms. The van der Waals surface area contributed by atoms with E-state index in [1.165, 1.54) is 6.33 Å². The number of likely N-dealkylation sites (tertiary alicyclic amines) is 1. The Labute approximate surface area is 162 Å². The van der Waals surface area contributed by atoms with Crippen LogP contribution in [0.5, 0.6) is 0 Å². The minimum absolute atomic E-state index is 0.141. The van der Waals surface area contributed by atoms with Gasteiger partial charge in [-0.25, -0.2) is 14.6 Å². The highest BCUT2D eigenvalue weighted by Gasteiger charge is 2.63. The average molecular weight is 391 g/mol. The summed E-state index contributed by atoms with van der Waals surface area (Å²) < 4.78 is -0.735. The van der Waals surface area contributed by atoms with Crippen LogP contribution in [0.25, 0.3) is 0 Å². The topological polar surface area (TPSA) is 161 Å². The summed E-state index contributed by atoms with van der Waals surface area (Å²) >= 11 is 0. The SMILES string of the molecule is CC1CC(=O)N[C@@H]1C(=O)[N+]1(C(=O)[C@@H](N)Cc2cnc[nH]2)CCC(C)[C@H]1C(N)=O. The van der Waals surface area contributed by atoms with E-state index in [9.17, 15) is 19.2 Å². The van der Waals surface area contributed by atoms with Gasteiger partial charge in [0, 0.05) is 37.1 Å². The van der Waals surface area contributed by atoms with E-state index in [2.05, 4.69) is 15.3 Å². The number of rotatable bonds is 5. The molecule has 6 N–H and O–H groups in total. The number of nitrogens with zero attached hydrogens (tertiary/aromatic N) is 2. The number of nitrogens with one attached hydrogen (secondary N) is 2. The van der Waals surface area contributed by atoms with E-state index in [0.29, 0.717) is 12.1 Å². The molecule has 152 valence electrons. The van der Waals surface area contributed by atoms with Crippen molar-refractivity contribution in [2.45, 2.75) is 51.2 Å². The molecule has 3 unspecified atom stereocenters. The Balaban J connectivity index is 1.99. The maximum Gasteiger partial charge on any atom is 0.344 e. The smallest absolute Gasteiger partial charge is 0.344 e. The quantitative estimate of drug-likeness (QED) is 0.450. The summed E-state index contributed by atoms with van der Waals surface area (Å²) in [6.45, 7) is 3.71. The molecule has 0 saturated carbocycles. The Hall–Kier alpha value is -2.59. The Bertz CT molecular complexity index is 794. The van der Waals surface area contributed by atoms with E-state index < -0.39 is 40.3 Å². The number of quaternary nitrogens is 1. The van der Waals surface area contributed by atoms with E-state index in [1.807, 2.05) is 0 Å². The van der Waals surface area contributed by atoms with Crippen molar-refractivity contribution in [2.24, 2.45) is 23.3 Å². The van der Waals surface area contributed by atoms with Crippen molar-refractivity contribution >= 4 is 23.6 Å². The van der Waals surface area contributed by atoms with Gasteiger partial charge in [-0.05, 0) is 5.92 Å². The van der Waals surface area contributed by atoms with Gasteiger partial charge < -0.3 is 21.8 Å². The number of carbonyl (C=O) groups excluding carboxylic acids is 4. The van der Waals surface area contributed by atoms with E-state index >= 15 is 0 Å². The second-order valence-electron chi connectivity index (χ2n) is 8.00. The van der Waals surface area contributed by atoms with E-state index in [0.717, 1.165) is 0 Å². The summed E-state index contributed by atoms with van der Waals surface area (Å²) in [5, 5.41) is 2.65. The number of imide groups is 1. The molecule has 0 bridgehead atoms. The molecule has 1 aromatic rings. The summed E-state index contributed by atoms with van der Waals surface area (Å²) in [6, 6.07) is -2.87. The first-order chi connectivity index (χ1) is 13.2. The Morgan fingerprint density at radius 3 is 2.57 bits per heavy atom. The van der Waals surface area contributed by atoms with Gasteiger partial charge in [-0.2, -0.15) is 4.48 Å². The third-order valence-electron chi connectivity index (χ3n) is 6.00. The van der Waals surface area contributed by atoms with E-state index in [4.69, 9.17) is 11.5 Å². The lowest BCUT2D eigenvalue weighted by Gasteiger charge is -2.37. The lowest BCUT2D eigenvalue weighted by Crippen LogP contribution is -2.71. The molecule has 6 atom stereocenters. The van der Waals surface area contributed by atoms with Crippen LogP contribution in [0.3, 0.4) is 0 Å². The van der Waals surface area contributed by atoms with Crippen molar-refractivity contribution in [2.75, 3.05) is 6.54 Å². The number of carbonyl (C=O) groups is 4. The van der Waals surface area contributed by atoms with Crippen molar-refractivity contribution in [3.05, 3.63) is 18.2 Å². The van der Waals surface area contributed by atoms with Gasteiger partial charge in [0.05, 0.1) is 12.9 Å². The van der Waals surface area contributed by atoms with Gasteiger partial charge in [0.1, 0.15) is 12.1 Å². The van der Waals surface area contributed by atoms with Gasteiger partial charge in [0.25, 0.3) is 5.91 Å². The number of primary amides is 1. The van der Waals surface area contributed by atoms with Crippen LogP contribution >= 0.6 is 0 Å². The fourth-order valence-electron chi connectivity index (χ4n) is 4.59. The zero-order valence-electron chi connectivity index (χ0n) is 16.1. The fourth-order valence-corrected chi connectivity index (χ4v) is 4.59. The highest BCUT2D eigenvalue weighted by molar-refractivity contribution is 5.97. The zero-order chi connectivity index (χ0) is 20.6. The maximum absolute atomic E-state index is 13.6. The summed E-state index contributed by atoms with van der Waals surface area (Å²) in [5.74, 6) is -2.55. The van der Waals surface area contributed by atoms with Crippen molar-refractivity contribution in [1.82, 2.24) is 15.3 Å². The molecule has 3 heterocycles. The minimum Gasteiger partial charge on any atom is -0.364 e. The molecule has 1 aromatic heterocycles. The number of aromatic amines is 1. The van der Waals surface area contributed by atoms with Crippen molar-refractivity contribution in [3.8, 4) is 0 Å². The van der Waals surface area contributed by atoms with Gasteiger partial charge in [-0.3, -0.25) is 9.59 Å². The van der Waals surface area contributed by atoms with Crippen LogP contribution in [-0.2, 0) is 25.6 Å². The number of imidazole rings is 1. The highest BCUT2D eigenvalue weighted by atomic mass is 16.2. The molecule has 2 aliphatic rings. The molecular formula is C18H27N6O4+. The van der Waals surface area contributed by atoms with Gasteiger partial charge in [0.2, 0.25) is 5.91 Å². The summed E-state index contributed by atoms with van der Waals surface area (Å²) in [5.41, 5.74) is 12.5. The van der Waals surface area contributed by atoms with E-state index in [1.54, 1.807) is 20.0 Å². The van der Waals surface area contributed by atoms with Gasteiger partial charge >= 0.3 is 11.8 Å². The first-order valence-electron chi connectivity index (χ1n) is 9.46. The second-order valence-corrected chi connectivity index (χ2v) is 8.00. The normalized spacial score (nSPS) is 33.5. The molecule has 0 aliphatic carbocycles. The van der Waals surface area contributed by atoms with Gasteiger partial charge in [-0.1, -0.05) is 13.8 Å². The highest BCUT2D eigenvalue weighted by Crippen LogP contribution is 2.36. The number of nitrogens with two attached hydrogens (primary N) is 2. The lowest BCUT2D eigenvalue weighted by atomic mass is 9.96. The lowest BCUT2D eigenvalue weighted by molar-refractivity contribution is -0.785. The average Bonchev–Trinajstić information content (AvgIpc) is 3.33. The van der Waals surface area contributed by atoms with Crippen LogP contribution in [0.4, 0.5) is 0 Å². The third-order valence-corrected chi connectivity index (χ3v) is 6.00. The Morgan fingerprint density at radius 1 is 1.32 bits per heavy atom. The number of H-pyrrole nitrogens is 1. The minimum atomic E-state index is -1.02. The molecule has 2 fully saturated rings. The van der Waals surface area contributed by atoms with Crippen LogP contribution in [0.2, 0.25) is 0 Å². The predicted octanol–water partition coefficient (Wildman–Crippen LogP) is -1.43. The molecule has 3 rings (SSSR count). The zero-order valence-corrected chi connectivity index (χ0v) is 16.1. The molecule has 28 heavy (non-hydrogen) atoms. The monoisotopic (exact) mass is 391 g/mol. The molecule has 2 saturated heterocycles. The number of aromatic nitrogens is 2. The molecule has 0 spiro atoms. The van der Waals surface area contributed by atoms with Crippen LogP contribution < -0.4 is 16.8 Å². The number of hydrogen-bond acceptors (Lipinski definition) is 6. The van der Waals surface area contributed by atoms with E-state index in [-0.39, 0.29) is 37.1 Å². The summed E-state index contributed by atoms with van der Waals surface area (Å²) in [4.78, 5) is 58.0. The molecule has 0 radical (unpaired) electrons. The standard InChI is InChI=1S/C18H26N6O4/c1-9-3-4-24(15(9)16(20)26,18(28)14-10(2)5-13(25)23-14)17(27)12(19)6-11-7-21-8-22-11/h7-10,12,14-15H,3-6,19H2,1-2H3,(H3-,20,21,22,23,25,26)/p+1/t9?,10?,12-,14-,15-,24?/m0/s1. The van der Waals surface area contributed by atoms with Crippen LogP contribution in [0.15, 0.2) is 12.5 Å². The van der Waals surface area contributed by atoms with Crippen LogP contribution in [-0.4, -0.2) is 62.7 Å². The maximum atomic E-state index is 13.6. The number of hydrogen-bond donors (Lipinski definition) is 4. The third kappa shape index (κ3) is 3.22. The predicted molar refractivity (Wildman–Crippen MR) is 97.9 cm³/mol. The molecule has 10 nitrogen and oxygen atoms in total. The summed E-state index contributed by atoms with van der Waals surface area (Å²) in [6.07, 6.45) is 3.86. The molecular weight excluding hydrogens is 364 g/mol. The summed E-state index contributed by atoms with van der Waals surface area (Å²) in [7, 11) is 0. The Morgan fingerprint density at radius 2 is 2.04 bits per heavy atom. The molecule has 4 amide bonds. The van der Waals surface area contributed by atoms with Crippen molar-refractivity contribution in [3.63, 3.8) is 0 Å². The van der Waals surface area contributed by atoms with Crippen LogP contribution in [0, 0.1) is 11.8 Å². The van der Waals surface area contributed by atoms with Gasteiger partial charge in [0.15, 0.2) is 6.04 Å². The van der Waals surface area contributed by atoms with Crippen molar-refractivity contribution in [1.29, 1.82) is 0 Å². The van der Waals surface area contributed by atoms with Crippen LogP contribution in [0.1, 0.15) is 32.4 Å². The Kier molecular flexibility index (Phi) is 5.35. The fraction of sp³-hybridized carbons (Fsp3) is 0.611. The van der Waals surface area contributed by atoms with Gasteiger partial charge in [-0.15, -0.1) is 0 Å². The van der Waals surface area contributed by atoms with Crippen molar-refractivity contribution < 1.29 is 23.7 Å². The first kappa shape index (κ1) is 20.2. The largest absolute Gasteiger partial charge is 0.364 e. The first-order valence-corrected chi connectivity index (χ1v) is 9.46. The molecule has 0 aromatic carbocycles. The molecule has 2 aliphatic heterocycles. The number of amides is 4. The second kappa shape index (κ2) is 7.44.